The van der Waals surface area contributed by atoms with E-state index in [1.807, 2.05) is 0 Å². The molecule has 0 fully saturated rings. The standard InChI is InChI=1S/C9H14O5/c1-4-7(6-8(10)12-3)14-9(11)13-5-2/h5,7H,2,4,6H2,1,3H3. The van der Waals surface area contributed by atoms with E-state index < -0.39 is 18.2 Å². The number of esters is 1. The van der Waals surface area contributed by atoms with Crippen LogP contribution in [0.25, 0.3) is 0 Å². The number of carbonyl (C=O) groups excluding carboxylic acids is 2. The number of carbonyl (C=O) groups is 2. The van der Waals surface area contributed by atoms with Crippen LogP contribution in [0.15, 0.2) is 12.8 Å². The van der Waals surface area contributed by atoms with Gasteiger partial charge in [-0.3, -0.25) is 4.79 Å². The zero-order valence-electron chi connectivity index (χ0n) is 8.32. The molecule has 0 aromatic rings. The maximum Gasteiger partial charge on any atom is 0.513 e. The molecule has 0 heterocycles. The van der Waals surface area contributed by atoms with E-state index in [1.165, 1.54) is 7.11 Å². The molecule has 0 N–H and O–H groups in total. The molecular weight excluding hydrogens is 188 g/mol. The van der Waals surface area contributed by atoms with Gasteiger partial charge >= 0.3 is 12.1 Å². The molecule has 80 valence electrons. The highest BCUT2D eigenvalue weighted by Crippen LogP contribution is 2.06. The van der Waals surface area contributed by atoms with Crippen molar-refractivity contribution in [3.05, 3.63) is 12.8 Å². The molecule has 0 spiro atoms. The van der Waals surface area contributed by atoms with Crippen molar-refractivity contribution in [2.75, 3.05) is 7.11 Å². The van der Waals surface area contributed by atoms with E-state index in [1.54, 1.807) is 6.92 Å². The predicted octanol–water partition coefficient (Wildman–Crippen LogP) is 1.62. The predicted molar refractivity (Wildman–Crippen MR) is 48.5 cm³/mol. The molecule has 5 heteroatoms. The lowest BCUT2D eigenvalue weighted by Crippen LogP contribution is -2.21. The highest BCUT2D eigenvalue weighted by molar-refractivity contribution is 5.70. The minimum absolute atomic E-state index is 0.0270. The summed E-state index contributed by atoms with van der Waals surface area (Å²) >= 11 is 0. The third kappa shape index (κ3) is 5.18. The fraction of sp³-hybridized carbons (Fsp3) is 0.556. The van der Waals surface area contributed by atoms with E-state index in [2.05, 4.69) is 16.1 Å². The molecule has 0 aliphatic rings. The second kappa shape index (κ2) is 6.94. The van der Waals surface area contributed by atoms with Gasteiger partial charge in [-0.2, -0.15) is 0 Å². The van der Waals surface area contributed by atoms with E-state index in [9.17, 15) is 9.59 Å². The Morgan fingerprint density at radius 3 is 2.57 bits per heavy atom. The van der Waals surface area contributed by atoms with E-state index in [0.717, 1.165) is 6.26 Å². The molecule has 0 aliphatic heterocycles. The Labute approximate surface area is 82.6 Å². The van der Waals surface area contributed by atoms with Gasteiger partial charge in [0.25, 0.3) is 0 Å². The van der Waals surface area contributed by atoms with Crippen LogP contribution in [0, 0.1) is 0 Å². The number of rotatable bonds is 5. The summed E-state index contributed by atoms with van der Waals surface area (Å²) in [5.74, 6) is -0.428. The second-order valence-corrected chi connectivity index (χ2v) is 2.46. The summed E-state index contributed by atoms with van der Waals surface area (Å²) in [5, 5.41) is 0. The Bertz CT molecular complexity index is 211. The molecule has 0 rings (SSSR count). The SMILES string of the molecule is C=COC(=O)OC(CC)CC(=O)OC. The van der Waals surface area contributed by atoms with Crippen molar-refractivity contribution in [1.82, 2.24) is 0 Å². The fourth-order valence-corrected chi connectivity index (χ4v) is 0.770. The zero-order chi connectivity index (χ0) is 11.0. The van der Waals surface area contributed by atoms with Gasteiger partial charge in [0.1, 0.15) is 6.10 Å². The van der Waals surface area contributed by atoms with Gasteiger partial charge in [-0.1, -0.05) is 13.5 Å². The Hall–Kier alpha value is -1.52. The number of ether oxygens (including phenoxy) is 3. The second-order valence-electron chi connectivity index (χ2n) is 2.46. The van der Waals surface area contributed by atoms with Crippen LogP contribution in [-0.2, 0) is 19.0 Å². The van der Waals surface area contributed by atoms with E-state index in [-0.39, 0.29) is 6.42 Å². The summed E-state index contributed by atoms with van der Waals surface area (Å²) in [4.78, 5) is 21.7. The third-order valence-electron chi connectivity index (χ3n) is 1.52. The third-order valence-corrected chi connectivity index (χ3v) is 1.52. The van der Waals surface area contributed by atoms with Gasteiger partial charge in [0.15, 0.2) is 0 Å². The summed E-state index contributed by atoms with van der Waals surface area (Å²) in [6, 6.07) is 0. The van der Waals surface area contributed by atoms with Crippen molar-refractivity contribution >= 4 is 12.1 Å². The first kappa shape index (κ1) is 12.5. The molecule has 1 unspecified atom stereocenters. The zero-order valence-corrected chi connectivity index (χ0v) is 8.32. The summed E-state index contributed by atoms with van der Waals surface area (Å²) in [6.45, 7) is 4.98. The average Bonchev–Trinajstić information content (AvgIpc) is 2.16. The van der Waals surface area contributed by atoms with Gasteiger partial charge < -0.3 is 14.2 Å². The van der Waals surface area contributed by atoms with Crippen LogP contribution in [0.3, 0.4) is 0 Å². The molecule has 0 radical (unpaired) electrons. The molecule has 5 nitrogen and oxygen atoms in total. The van der Waals surface area contributed by atoms with Crippen LogP contribution in [0.2, 0.25) is 0 Å². The smallest absolute Gasteiger partial charge is 0.469 e. The highest BCUT2D eigenvalue weighted by atomic mass is 16.7. The molecule has 1 atom stereocenters. The normalized spacial score (nSPS) is 11.3. The van der Waals surface area contributed by atoms with Gasteiger partial charge in [-0.15, -0.1) is 0 Å². The Kier molecular flexibility index (Phi) is 6.19. The van der Waals surface area contributed by atoms with Crippen molar-refractivity contribution in [3.63, 3.8) is 0 Å². The van der Waals surface area contributed by atoms with Crippen molar-refractivity contribution < 1.29 is 23.8 Å². The van der Waals surface area contributed by atoms with Crippen molar-refractivity contribution in [1.29, 1.82) is 0 Å². The summed E-state index contributed by atoms with van der Waals surface area (Å²) < 4.78 is 13.6. The summed E-state index contributed by atoms with van der Waals surface area (Å²) in [6.07, 6.45) is 0.124. The van der Waals surface area contributed by atoms with E-state index in [0.29, 0.717) is 6.42 Å². The fourth-order valence-electron chi connectivity index (χ4n) is 0.770. The van der Waals surface area contributed by atoms with Crippen LogP contribution in [0.4, 0.5) is 4.79 Å². The molecule has 0 aliphatic carbocycles. The first-order chi connectivity index (χ1) is 6.63. The highest BCUT2D eigenvalue weighted by Gasteiger charge is 2.17. The van der Waals surface area contributed by atoms with Crippen LogP contribution in [0.5, 0.6) is 0 Å². The molecule has 0 aromatic heterocycles. The Morgan fingerprint density at radius 1 is 1.50 bits per heavy atom. The van der Waals surface area contributed by atoms with Gasteiger partial charge in [-0.25, -0.2) is 4.79 Å². The lowest BCUT2D eigenvalue weighted by atomic mass is 10.2. The first-order valence-corrected chi connectivity index (χ1v) is 4.19. The molecular formula is C9H14O5. The van der Waals surface area contributed by atoms with Crippen LogP contribution >= 0.6 is 0 Å². The Morgan fingerprint density at radius 2 is 2.14 bits per heavy atom. The number of hydrogen-bond donors (Lipinski definition) is 0. The lowest BCUT2D eigenvalue weighted by Gasteiger charge is -2.13. The maximum atomic E-state index is 10.8. The van der Waals surface area contributed by atoms with Crippen molar-refractivity contribution in [2.24, 2.45) is 0 Å². The first-order valence-electron chi connectivity index (χ1n) is 4.19. The summed E-state index contributed by atoms with van der Waals surface area (Å²) in [7, 11) is 1.27. The quantitative estimate of drug-likeness (QED) is 0.500. The monoisotopic (exact) mass is 202 g/mol. The van der Waals surface area contributed by atoms with Gasteiger partial charge in [0.2, 0.25) is 0 Å². The molecule has 0 amide bonds. The van der Waals surface area contributed by atoms with Crippen LogP contribution in [0.1, 0.15) is 19.8 Å². The average molecular weight is 202 g/mol. The number of hydrogen-bond acceptors (Lipinski definition) is 5. The largest absolute Gasteiger partial charge is 0.513 e. The van der Waals surface area contributed by atoms with Gasteiger partial charge in [0.05, 0.1) is 19.8 Å². The van der Waals surface area contributed by atoms with Crippen LogP contribution < -0.4 is 0 Å². The van der Waals surface area contributed by atoms with Gasteiger partial charge in [0, 0.05) is 0 Å². The van der Waals surface area contributed by atoms with Crippen LogP contribution in [-0.4, -0.2) is 25.3 Å². The molecule has 0 bridgehead atoms. The van der Waals surface area contributed by atoms with E-state index >= 15 is 0 Å². The van der Waals surface area contributed by atoms with Gasteiger partial charge in [-0.05, 0) is 6.42 Å². The van der Waals surface area contributed by atoms with Crippen molar-refractivity contribution in [3.8, 4) is 0 Å². The molecule has 0 saturated carbocycles. The number of methoxy groups -OCH3 is 1. The minimum atomic E-state index is -0.865. The van der Waals surface area contributed by atoms with Crippen molar-refractivity contribution in [2.45, 2.75) is 25.9 Å². The van der Waals surface area contributed by atoms with E-state index in [4.69, 9.17) is 4.74 Å². The minimum Gasteiger partial charge on any atom is -0.469 e. The molecule has 0 aromatic carbocycles. The topological polar surface area (TPSA) is 61.8 Å². The maximum absolute atomic E-state index is 10.8. The summed E-state index contributed by atoms with van der Waals surface area (Å²) in [5.41, 5.74) is 0. The molecule has 14 heavy (non-hydrogen) atoms. The Balaban J connectivity index is 3.95. The molecule has 0 saturated heterocycles. The lowest BCUT2D eigenvalue weighted by molar-refractivity contribution is -0.143.